The summed E-state index contributed by atoms with van der Waals surface area (Å²) in [7, 11) is 0. The van der Waals surface area contributed by atoms with Gasteiger partial charge in [-0.1, -0.05) is 6.92 Å². The number of carbonyl (C=O) groups excluding carboxylic acids is 1. The molecule has 1 aromatic rings. The Labute approximate surface area is 125 Å². The summed E-state index contributed by atoms with van der Waals surface area (Å²) in [5.41, 5.74) is 0.647. The highest BCUT2D eigenvalue weighted by Crippen LogP contribution is 2.27. The van der Waals surface area contributed by atoms with Gasteiger partial charge in [0.1, 0.15) is 11.5 Å². The summed E-state index contributed by atoms with van der Waals surface area (Å²) in [5, 5.41) is 12.2. The highest BCUT2D eigenvalue weighted by Gasteiger charge is 2.21. The second-order valence-electron chi connectivity index (χ2n) is 5.31. The fourth-order valence-electron chi connectivity index (χ4n) is 1.88. The third-order valence-electron chi connectivity index (χ3n) is 3.33. The molecule has 1 amide bonds. The van der Waals surface area contributed by atoms with Crippen LogP contribution in [0.2, 0.25) is 0 Å². The van der Waals surface area contributed by atoms with Crippen LogP contribution in [0, 0.1) is 5.92 Å². The number of rotatable bonds is 9. The van der Waals surface area contributed by atoms with Crippen LogP contribution in [0.5, 0.6) is 11.5 Å². The topological polar surface area (TPSA) is 67.8 Å². The van der Waals surface area contributed by atoms with Gasteiger partial charge in [0.2, 0.25) is 0 Å². The zero-order chi connectivity index (χ0) is 15.1. The van der Waals surface area contributed by atoms with Gasteiger partial charge in [-0.05, 0) is 37.3 Å². The van der Waals surface area contributed by atoms with Crippen LogP contribution in [0.25, 0.3) is 0 Å². The first kappa shape index (κ1) is 15.6. The monoisotopic (exact) mass is 293 g/mol. The molecule has 0 heterocycles. The number of hydrogen-bond acceptors (Lipinski definition) is 4. The van der Waals surface area contributed by atoms with Crippen molar-refractivity contribution in [1.29, 1.82) is 0 Å². The molecule has 1 aromatic carbocycles. The van der Waals surface area contributed by atoms with Gasteiger partial charge in [0, 0.05) is 18.2 Å². The minimum absolute atomic E-state index is 0.0447. The summed E-state index contributed by atoms with van der Waals surface area (Å²) in [6.07, 6.45) is 3.32. The van der Waals surface area contributed by atoms with Crippen LogP contribution >= 0.6 is 0 Å². The number of aliphatic hydroxyl groups is 1. The van der Waals surface area contributed by atoms with Gasteiger partial charge in [0.05, 0.1) is 13.2 Å². The largest absolute Gasteiger partial charge is 0.493 e. The van der Waals surface area contributed by atoms with Crippen molar-refractivity contribution in [3.63, 3.8) is 0 Å². The molecule has 5 heteroatoms. The van der Waals surface area contributed by atoms with E-state index in [9.17, 15) is 9.90 Å². The predicted molar refractivity (Wildman–Crippen MR) is 79.4 cm³/mol. The third kappa shape index (κ3) is 5.27. The van der Waals surface area contributed by atoms with E-state index in [-0.39, 0.29) is 19.1 Å². The minimum Gasteiger partial charge on any atom is -0.493 e. The Morgan fingerprint density at radius 1 is 1.38 bits per heavy atom. The fourth-order valence-corrected chi connectivity index (χ4v) is 1.88. The minimum atomic E-state index is -0.134. The van der Waals surface area contributed by atoms with Crippen molar-refractivity contribution in [1.82, 2.24) is 5.32 Å². The maximum absolute atomic E-state index is 11.7. The summed E-state index contributed by atoms with van der Waals surface area (Å²) >= 11 is 0. The molecular formula is C16H23NO4. The van der Waals surface area contributed by atoms with E-state index in [2.05, 4.69) is 5.32 Å². The molecule has 21 heavy (non-hydrogen) atoms. The van der Waals surface area contributed by atoms with Crippen molar-refractivity contribution in [3.8, 4) is 11.5 Å². The van der Waals surface area contributed by atoms with Crippen LogP contribution < -0.4 is 14.8 Å². The molecule has 0 aliphatic heterocycles. The van der Waals surface area contributed by atoms with Crippen molar-refractivity contribution in [3.05, 3.63) is 23.8 Å². The van der Waals surface area contributed by atoms with E-state index in [1.165, 1.54) is 12.8 Å². The zero-order valence-corrected chi connectivity index (χ0v) is 12.4. The highest BCUT2D eigenvalue weighted by molar-refractivity contribution is 5.77. The molecule has 0 unspecified atom stereocenters. The third-order valence-corrected chi connectivity index (χ3v) is 3.33. The standard InChI is InChI=1S/C16H23NO4/c1-2-7-20-14-6-5-13(10-18)15(8-14)21-11-16(19)17-9-12-3-4-12/h5-6,8,12,18H,2-4,7,9-11H2,1H3,(H,17,19). The number of nitrogens with one attached hydrogen (secondary N) is 1. The van der Waals surface area contributed by atoms with Crippen molar-refractivity contribution in [2.24, 2.45) is 5.92 Å². The van der Waals surface area contributed by atoms with Crippen LogP contribution in [0.1, 0.15) is 31.7 Å². The average molecular weight is 293 g/mol. The molecule has 1 fully saturated rings. The second-order valence-corrected chi connectivity index (χ2v) is 5.31. The second kappa shape index (κ2) is 7.88. The van der Waals surface area contributed by atoms with Crippen LogP contribution in [0.4, 0.5) is 0 Å². The molecule has 0 atom stereocenters. The summed E-state index contributed by atoms with van der Waals surface area (Å²) in [5.74, 6) is 1.69. The lowest BCUT2D eigenvalue weighted by Gasteiger charge is -2.12. The molecule has 2 N–H and O–H groups in total. The van der Waals surface area contributed by atoms with Crippen molar-refractivity contribution in [2.75, 3.05) is 19.8 Å². The summed E-state index contributed by atoms with van der Waals surface area (Å²) in [6, 6.07) is 5.26. The molecule has 0 radical (unpaired) electrons. The molecule has 0 saturated heterocycles. The molecule has 0 bridgehead atoms. The number of carbonyl (C=O) groups is 1. The van der Waals surface area contributed by atoms with Crippen LogP contribution in [-0.2, 0) is 11.4 Å². The Kier molecular flexibility index (Phi) is 5.87. The fraction of sp³-hybridized carbons (Fsp3) is 0.562. The normalized spacial score (nSPS) is 13.8. The summed E-state index contributed by atoms with van der Waals surface area (Å²) in [4.78, 5) is 11.7. The van der Waals surface area contributed by atoms with Gasteiger partial charge in [-0.2, -0.15) is 0 Å². The Hall–Kier alpha value is -1.75. The van der Waals surface area contributed by atoms with Crippen molar-refractivity contribution < 1.29 is 19.4 Å². The number of hydrogen-bond donors (Lipinski definition) is 2. The Balaban J connectivity index is 1.87. The van der Waals surface area contributed by atoms with Crippen LogP contribution in [0.3, 0.4) is 0 Å². The quantitative estimate of drug-likeness (QED) is 0.729. The first-order valence-electron chi connectivity index (χ1n) is 7.49. The molecule has 0 aromatic heterocycles. The van der Waals surface area contributed by atoms with E-state index in [4.69, 9.17) is 9.47 Å². The number of benzene rings is 1. The molecular weight excluding hydrogens is 270 g/mol. The van der Waals surface area contributed by atoms with Gasteiger partial charge in [0.15, 0.2) is 6.61 Å². The van der Waals surface area contributed by atoms with Gasteiger partial charge in [-0.25, -0.2) is 0 Å². The lowest BCUT2D eigenvalue weighted by atomic mass is 10.2. The predicted octanol–water partition coefficient (Wildman–Crippen LogP) is 1.87. The lowest BCUT2D eigenvalue weighted by Crippen LogP contribution is -2.30. The molecule has 2 rings (SSSR count). The summed E-state index contributed by atoms with van der Waals surface area (Å²) < 4.78 is 11.0. The molecule has 116 valence electrons. The van der Waals surface area contributed by atoms with Crippen molar-refractivity contribution >= 4 is 5.91 Å². The maximum Gasteiger partial charge on any atom is 0.257 e. The Morgan fingerprint density at radius 3 is 2.86 bits per heavy atom. The van der Waals surface area contributed by atoms with Gasteiger partial charge >= 0.3 is 0 Å². The van der Waals surface area contributed by atoms with E-state index < -0.39 is 0 Å². The number of ether oxygens (including phenoxy) is 2. The van der Waals surface area contributed by atoms with Crippen molar-refractivity contribution in [2.45, 2.75) is 32.8 Å². The van der Waals surface area contributed by atoms with E-state index >= 15 is 0 Å². The van der Waals surface area contributed by atoms with Gasteiger partial charge < -0.3 is 19.9 Å². The van der Waals surface area contributed by atoms with Gasteiger partial charge in [-0.3, -0.25) is 4.79 Å². The Morgan fingerprint density at radius 2 is 2.19 bits per heavy atom. The molecule has 1 saturated carbocycles. The Bertz CT molecular complexity index is 471. The van der Waals surface area contributed by atoms with E-state index in [0.29, 0.717) is 29.6 Å². The summed E-state index contributed by atoms with van der Waals surface area (Å²) in [6.45, 7) is 3.21. The maximum atomic E-state index is 11.7. The van der Waals surface area contributed by atoms with Gasteiger partial charge in [0.25, 0.3) is 5.91 Å². The SMILES string of the molecule is CCCOc1ccc(CO)c(OCC(=O)NCC2CC2)c1. The molecule has 5 nitrogen and oxygen atoms in total. The average Bonchev–Trinajstić information content (AvgIpc) is 3.33. The van der Waals surface area contributed by atoms with E-state index in [0.717, 1.165) is 13.0 Å². The van der Waals surface area contributed by atoms with E-state index in [1.807, 2.05) is 6.92 Å². The number of amides is 1. The molecule has 1 aliphatic rings. The smallest absolute Gasteiger partial charge is 0.257 e. The lowest BCUT2D eigenvalue weighted by molar-refractivity contribution is -0.123. The molecule has 1 aliphatic carbocycles. The van der Waals surface area contributed by atoms with Crippen LogP contribution in [-0.4, -0.2) is 30.8 Å². The zero-order valence-electron chi connectivity index (χ0n) is 12.4. The van der Waals surface area contributed by atoms with Crippen LogP contribution in [0.15, 0.2) is 18.2 Å². The number of aliphatic hydroxyl groups excluding tert-OH is 1. The first-order valence-corrected chi connectivity index (χ1v) is 7.49. The molecule has 0 spiro atoms. The van der Waals surface area contributed by atoms with E-state index in [1.54, 1.807) is 18.2 Å². The first-order chi connectivity index (χ1) is 10.2. The highest BCUT2D eigenvalue weighted by atomic mass is 16.5. The van der Waals surface area contributed by atoms with Gasteiger partial charge in [-0.15, -0.1) is 0 Å².